The lowest BCUT2D eigenvalue weighted by Gasteiger charge is -2.04. The molecule has 0 fully saturated rings. The third kappa shape index (κ3) is 3.61. The quantitative estimate of drug-likeness (QED) is 0.530. The van der Waals surface area contributed by atoms with Gasteiger partial charge in [0, 0.05) is 36.8 Å². The van der Waals surface area contributed by atoms with Gasteiger partial charge in [0.25, 0.3) is 0 Å². The number of pyridine rings is 1. The monoisotopic (exact) mass is 378 g/mol. The summed E-state index contributed by atoms with van der Waals surface area (Å²) in [5.41, 5.74) is 3.03. The maximum absolute atomic E-state index is 12.2. The Morgan fingerprint density at radius 1 is 1.18 bits per heavy atom. The van der Waals surface area contributed by atoms with Gasteiger partial charge in [-0.2, -0.15) is 19.1 Å². The number of alkyl halides is 2. The summed E-state index contributed by atoms with van der Waals surface area (Å²) in [7, 11) is 0. The number of nitriles is 1. The van der Waals surface area contributed by atoms with Crippen LogP contribution in [0.1, 0.15) is 17.0 Å². The fraction of sp³-hybridized carbons (Fsp3) is 0.105. The van der Waals surface area contributed by atoms with E-state index in [2.05, 4.69) is 24.8 Å². The van der Waals surface area contributed by atoms with Crippen LogP contribution in [0.4, 0.5) is 8.78 Å². The molecule has 0 saturated heterocycles. The molecule has 0 aliphatic rings. The van der Waals surface area contributed by atoms with Gasteiger partial charge in [0.2, 0.25) is 0 Å². The fourth-order valence-corrected chi connectivity index (χ4v) is 2.74. The van der Waals surface area contributed by atoms with Gasteiger partial charge in [-0.05, 0) is 23.8 Å². The number of hydrogen-bond donors (Lipinski definition) is 0. The molecule has 4 aromatic rings. The van der Waals surface area contributed by atoms with Gasteiger partial charge < -0.3 is 4.74 Å². The molecule has 0 N–H and O–H groups in total. The zero-order valence-electron chi connectivity index (χ0n) is 14.3. The van der Waals surface area contributed by atoms with Crippen LogP contribution in [0.3, 0.4) is 0 Å². The number of ether oxygens (including phenoxy) is 1. The maximum Gasteiger partial charge on any atom is 0.387 e. The zero-order valence-corrected chi connectivity index (χ0v) is 14.3. The molecule has 0 aliphatic carbocycles. The first-order valence-corrected chi connectivity index (χ1v) is 8.22. The SMILES string of the molecule is N#Cc1cncc(-c2nccn3nc(Cc4ccc(OC(F)F)cc4)nc23)c1. The molecule has 28 heavy (non-hydrogen) atoms. The molecule has 138 valence electrons. The van der Waals surface area contributed by atoms with E-state index in [0.717, 1.165) is 5.56 Å². The topological polar surface area (TPSA) is 89.0 Å². The Morgan fingerprint density at radius 2 is 2.00 bits per heavy atom. The van der Waals surface area contributed by atoms with E-state index < -0.39 is 6.61 Å². The van der Waals surface area contributed by atoms with E-state index in [1.807, 2.05) is 6.07 Å². The minimum atomic E-state index is -2.86. The van der Waals surface area contributed by atoms with Gasteiger partial charge in [-0.3, -0.25) is 9.97 Å². The van der Waals surface area contributed by atoms with E-state index >= 15 is 0 Å². The van der Waals surface area contributed by atoms with Crippen molar-refractivity contribution < 1.29 is 13.5 Å². The molecule has 3 heterocycles. The first-order chi connectivity index (χ1) is 13.6. The number of fused-ring (bicyclic) bond motifs is 1. The number of aromatic nitrogens is 5. The molecule has 0 atom stereocenters. The highest BCUT2D eigenvalue weighted by molar-refractivity contribution is 5.73. The minimum absolute atomic E-state index is 0.0954. The first-order valence-electron chi connectivity index (χ1n) is 8.22. The summed E-state index contributed by atoms with van der Waals surface area (Å²) in [5.74, 6) is 0.638. The van der Waals surface area contributed by atoms with E-state index in [4.69, 9.17) is 5.26 Å². The van der Waals surface area contributed by atoms with Crippen LogP contribution in [-0.2, 0) is 6.42 Å². The van der Waals surface area contributed by atoms with Crippen LogP contribution in [-0.4, -0.2) is 31.2 Å². The molecule has 0 spiro atoms. The van der Waals surface area contributed by atoms with Gasteiger partial charge in [-0.25, -0.2) is 9.50 Å². The molecule has 4 rings (SSSR count). The molecule has 0 aliphatic heterocycles. The number of nitrogens with zero attached hydrogens (tertiary/aromatic N) is 6. The van der Waals surface area contributed by atoms with Crippen molar-refractivity contribution in [3.05, 3.63) is 72.1 Å². The molecular formula is C19H12F2N6O. The lowest BCUT2D eigenvalue weighted by molar-refractivity contribution is -0.0498. The second-order valence-corrected chi connectivity index (χ2v) is 5.85. The van der Waals surface area contributed by atoms with Crippen molar-refractivity contribution in [3.8, 4) is 23.1 Å². The van der Waals surface area contributed by atoms with Crippen LogP contribution in [0.15, 0.2) is 55.1 Å². The van der Waals surface area contributed by atoms with Gasteiger partial charge in [-0.15, -0.1) is 0 Å². The lowest BCUT2D eigenvalue weighted by atomic mass is 10.1. The first kappa shape index (κ1) is 17.5. The molecule has 0 radical (unpaired) electrons. The van der Waals surface area contributed by atoms with Crippen molar-refractivity contribution in [2.45, 2.75) is 13.0 Å². The second kappa shape index (κ2) is 7.36. The normalized spacial score (nSPS) is 10.9. The Balaban J connectivity index is 1.64. The average molecular weight is 378 g/mol. The summed E-state index contributed by atoms with van der Waals surface area (Å²) >= 11 is 0. The Bertz CT molecular complexity index is 1170. The molecule has 0 unspecified atom stereocenters. The smallest absolute Gasteiger partial charge is 0.387 e. The van der Waals surface area contributed by atoms with Crippen LogP contribution in [0.2, 0.25) is 0 Å². The number of benzene rings is 1. The van der Waals surface area contributed by atoms with Crippen LogP contribution in [0, 0.1) is 11.3 Å². The summed E-state index contributed by atoms with van der Waals surface area (Å²) in [4.78, 5) is 12.9. The van der Waals surface area contributed by atoms with Crippen molar-refractivity contribution >= 4 is 5.65 Å². The Kier molecular flexibility index (Phi) is 4.60. The average Bonchev–Trinajstić information content (AvgIpc) is 3.11. The van der Waals surface area contributed by atoms with E-state index in [9.17, 15) is 8.78 Å². The standard InChI is InChI=1S/C19H12F2N6O/c20-19(21)28-15-3-1-12(2-4-15)8-16-25-18-17(24-5-6-27(18)26-16)14-7-13(9-22)10-23-11-14/h1-7,10-11,19H,8H2. The zero-order chi connectivity index (χ0) is 19.5. The van der Waals surface area contributed by atoms with Crippen molar-refractivity contribution in [3.63, 3.8) is 0 Å². The number of halogens is 2. The highest BCUT2D eigenvalue weighted by Gasteiger charge is 2.13. The van der Waals surface area contributed by atoms with Crippen LogP contribution in [0.25, 0.3) is 16.9 Å². The van der Waals surface area contributed by atoms with Crippen molar-refractivity contribution in [2.24, 2.45) is 0 Å². The summed E-state index contributed by atoms with van der Waals surface area (Å²) in [6.07, 6.45) is 6.76. The predicted octanol–water partition coefficient (Wildman–Crippen LogP) is 3.25. The van der Waals surface area contributed by atoms with Crippen molar-refractivity contribution in [1.82, 2.24) is 24.6 Å². The number of hydrogen-bond acceptors (Lipinski definition) is 6. The Labute approximate surface area is 157 Å². The predicted molar refractivity (Wildman–Crippen MR) is 94.6 cm³/mol. The largest absolute Gasteiger partial charge is 0.435 e. The highest BCUT2D eigenvalue weighted by atomic mass is 19.3. The molecule has 3 aromatic heterocycles. The number of rotatable bonds is 5. The van der Waals surface area contributed by atoms with Crippen molar-refractivity contribution in [2.75, 3.05) is 0 Å². The van der Waals surface area contributed by atoms with Crippen LogP contribution in [0.5, 0.6) is 5.75 Å². The summed E-state index contributed by atoms with van der Waals surface area (Å²) < 4.78 is 30.4. The summed E-state index contributed by atoms with van der Waals surface area (Å²) in [5, 5.41) is 13.5. The minimum Gasteiger partial charge on any atom is -0.435 e. The van der Waals surface area contributed by atoms with Gasteiger partial charge in [-0.1, -0.05) is 12.1 Å². The van der Waals surface area contributed by atoms with E-state index in [1.165, 1.54) is 18.3 Å². The maximum atomic E-state index is 12.2. The third-order valence-corrected chi connectivity index (χ3v) is 3.95. The Morgan fingerprint density at radius 3 is 2.75 bits per heavy atom. The highest BCUT2D eigenvalue weighted by Crippen LogP contribution is 2.22. The molecule has 0 bridgehead atoms. The van der Waals surface area contributed by atoms with E-state index in [0.29, 0.717) is 34.7 Å². The van der Waals surface area contributed by atoms with E-state index in [-0.39, 0.29) is 5.75 Å². The second-order valence-electron chi connectivity index (χ2n) is 5.85. The molecule has 9 heteroatoms. The molecule has 1 aromatic carbocycles. The van der Waals surface area contributed by atoms with Gasteiger partial charge in [0.15, 0.2) is 11.5 Å². The lowest BCUT2D eigenvalue weighted by Crippen LogP contribution is -2.01. The summed E-state index contributed by atoms with van der Waals surface area (Å²) in [6, 6.07) is 10.1. The summed E-state index contributed by atoms with van der Waals surface area (Å²) in [6.45, 7) is -2.86. The third-order valence-electron chi connectivity index (χ3n) is 3.95. The fourth-order valence-electron chi connectivity index (χ4n) is 2.74. The van der Waals surface area contributed by atoms with Gasteiger partial charge in [0.1, 0.15) is 17.5 Å². The molecule has 7 nitrogen and oxygen atoms in total. The van der Waals surface area contributed by atoms with Gasteiger partial charge >= 0.3 is 6.61 Å². The van der Waals surface area contributed by atoms with E-state index in [1.54, 1.807) is 41.3 Å². The molecule has 0 saturated carbocycles. The molecular weight excluding hydrogens is 366 g/mol. The Hall–Kier alpha value is -3.93. The van der Waals surface area contributed by atoms with Crippen LogP contribution < -0.4 is 4.74 Å². The van der Waals surface area contributed by atoms with Gasteiger partial charge in [0.05, 0.1) is 5.56 Å². The van der Waals surface area contributed by atoms with Crippen LogP contribution >= 0.6 is 0 Å². The molecule has 0 amide bonds. The van der Waals surface area contributed by atoms with Crippen molar-refractivity contribution in [1.29, 1.82) is 5.26 Å².